The van der Waals surface area contributed by atoms with Gasteiger partial charge in [0.2, 0.25) is 11.8 Å². The monoisotopic (exact) mass is 348 g/mol. The van der Waals surface area contributed by atoms with E-state index in [1.165, 1.54) is 24.1 Å². The molecule has 1 aromatic rings. The molecule has 2 heterocycles. The summed E-state index contributed by atoms with van der Waals surface area (Å²) in [5, 5.41) is 5.28. The predicted octanol–water partition coefficient (Wildman–Crippen LogP) is 3.37. The van der Waals surface area contributed by atoms with E-state index in [1.54, 1.807) is 11.3 Å². The Morgan fingerprint density at radius 2 is 1.88 bits per heavy atom. The van der Waals surface area contributed by atoms with Crippen LogP contribution in [-0.2, 0) is 16.0 Å². The van der Waals surface area contributed by atoms with Crippen LogP contribution < -0.4 is 5.32 Å². The van der Waals surface area contributed by atoms with Crippen molar-refractivity contribution in [3.8, 4) is 0 Å². The van der Waals surface area contributed by atoms with Crippen LogP contribution in [0.25, 0.3) is 0 Å². The van der Waals surface area contributed by atoms with E-state index in [2.05, 4.69) is 16.8 Å². The van der Waals surface area contributed by atoms with Gasteiger partial charge >= 0.3 is 0 Å². The molecule has 1 aliphatic heterocycles. The van der Waals surface area contributed by atoms with E-state index >= 15 is 0 Å². The average molecular weight is 349 g/mol. The minimum Gasteiger partial charge on any atom is -0.353 e. The number of aryl methyl sites for hydroxylation is 1. The Balaban J connectivity index is 1.37. The Morgan fingerprint density at radius 1 is 1.12 bits per heavy atom. The summed E-state index contributed by atoms with van der Waals surface area (Å²) in [6.07, 6.45) is 8.97. The highest BCUT2D eigenvalue weighted by Crippen LogP contribution is 2.24. The van der Waals surface area contributed by atoms with Crippen LogP contribution >= 0.6 is 11.3 Å². The third-order valence-corrected chi connectivity index (χ3v) is 6.27. The van der Waals surface area contributed by atoms with E-state index in [-0.39, 0.29) is 23.8 Å². The third kappa shape index (κ3) is 4.82. The average Bonchev–Trinajstić information content (AvgIpc) is 3.14. The molecule has 1 saturated carbocycles. The van der Waals surface area contributed by atoms with Crippen LogP contribution in [0.3, 0.4) is 0 Å². The zero-order valence-electron chi connectivity index (χ0n) is 14.3. The molecule has 1 saturated heterocycles. The largest absolute Gasteiger partial charge is 0.353 e. The number of thiophene rings is 1. The molecule has 2 fully saturated rings. The van der Waals surface area contributed by atoms with Gasteiger partial charge in [0.25, 0.3) is 0 Å². The van der Waals surface area contributed by atoms with Gasteiger partial charge in [-0.3, -0.25) is 9.59 Å². The Bertz CT molecular complexity index is 530. The zero-order chi connectivity index (χ0) is 16.8. The number of likely N-dealkylation sites (tertiary alicyclic amines) is 1. The second-order valence-corrected chi connectivity index (χ2v) is 8.11. The first kappa shape index (κ1) is 17.5. The topological polar surface area (TPSA) is 49.4 Å². The lowest BCUT2D eigenvalue weighted by molar-refractivity contribution is -0.132. The molecule has 1 aliphatic carbocycles. The molecule has 4 nitrogen and oxygen atoms in total. The van der Waals surface area contributed by atoms with Gasteiger partial charge in [-0.25, -0.2) is 0 Å². The lowest BCUT2D eigenvalue weighted by atomic mass is 9.88. The van der Waals surface area contributed by atoms with Crippen LogP contribution in [0.15, 0.2) is 17.5 Å². The summed E-state index contributed by atoms with van der Waals surface area (Å²) in [7, 11) is 0. The molecule has 1 N–H and O–H groups in total. The number of carbonyl (C=O) groups excluding carboxylic acids is 2. The number of carbonyl (C=O) groups is 2. The molecule has 0 atom stereocenters. The maximum absolute atomic E-state index is 12.3. The molecule has 0 radical (unpaired) electrons. The maximum Gasteiger partial charge on any atom is 0.223 e. The highest BCUT2D eigenvalue weighted by molar-refractivity contribution is 7.09. The van der Waals surface area contributed by atoms with Crippen molar-refractivity contribution in [1.29, 1.82) is 0 Å². The Kier molecular flexibility index (Phi) is 6.30. The number of rotatable bonds is 5. The van der Waals surface area contributed by atoms with Gasteiger partial charge in [0.1, 0.15) is 0 Å². The van der Waals surface area contributed by atoms with Crippen molar-refractivity contribution in [1.82, 2.24) is 10.2 Å². The molecule has 1 aromatic heterocycles. The Hall–Kier alpha value is -1.36. The molecule has 0 spiro atoms. The SMILES string of the molecule is O=C(NC1CCN(C(=O)CCc2cccs2)CC1)C1CCCCC1. The van der Waals surface area contributed by atoms with E-state index in [1.807, 2.05) is 11.0 Å². The van der Waals surface area contributed by atoms with Crippen LogP contribution in [0.4, 0.5) is 0 Å². The quantitative estimate of drug-likeness (QED) is 0.887. The molecular formula is C19H28N2O2S. The van der Waals surface area contributed by atoms with Crippen molar-refractivity contribution in [3.05, 3.63) is 22.4 Å². The van der Waals surface area contributed by atoms with E-state index in [0.29, 0.717) is 6.42 Å². The van der Waals surface area contributed by atoms with Gasteiger partial charge in [0.15, 0.2) is 0 Å². The number of hydrogen-bond donors (Lipinski definition) is 1. The number of hydrogen-bond acceptors (Lipinski definition) is 3. The fraction of sp³-hybridized carbons (Fsp3) is 0.684. The second kappa shape index (κ2) is 8.65. The van der Waals surface area contributed by atoms with E-state index in [0.717, 1.165) is 45.2 Å². The van der Waals surface area contributed by atoms with Crippen molar-refractivity contribution < 1.29 is 9.59 Å². The fourth-order valence-electron chi connectivity index (χ4n) is 3.80. The van der Waals surface area contributed by atoms with E-state index in [9.17, 15) is 9.59 Å². The van der Waals surface area contributed by atoms with Crippen LogP contribution in [0.5, 0.6) is 0 Å². The van der Waals surface area contributed by atoms with Crippen molar-refractivity contribution in [3.63, 3.8) is 0 Å². The highest BCUT2D eigenvalue weighted by atomic mass is 32.1. The summed E-state index contributed by atoms with van der Waals surface area (Å²) in [5.74, 6) is 0.724. The zero-order valence-corrected chi connectivity index (χ0v) is 15.2. The molecule has 5 heteroatoms. The fourth-order valence-corrected chi connectivity index (χ4v) is 4.51. The summed E-state index contributed by atoms with van der Waals surface area (Å²) in [6.45, 7) is 1.55. The van der Waals surface area contributed by atoms with Gasteiger partial charge in [0.05, 0.1) is 0 Å². The minimum atomic E-state index is 0.226. The van der Waals surface area contributed by atoms with Crippen LogP contribution in [0.1, 0.15) is 56.2 Å². The van der Waals surface area contributed by atoms with Gasteiger partial charge in [-0.1, -0.05) is 25.3 Å². The second-order valence-electron chi connectivity index (χ2n) is 7.08. The number of amides is 2. The first-order valence-corrected chi connectivity index (χ1v) is 10.2. The maximum atomic E-state index is 12.3. The molecule has 2 aliphatic rings. The molecular weight excluding hydrogens is 320 g/mol. The molecule has 0 aromatic carbocycles. The van der Waals surface area contributed by atoms with Crippen LogP contribution in [0.2, 0.25) is 0 Å². The van der Waals surface area contributed by atoms with E-state index in [4.69, 9.17) is 0 Å². The number of nitrogens with one attached hydrogen (secondary N) is 1. The number of piperidine rings is 1. The normalized spacial score (nSPS) is 20.1. The van der Waals surface area contributed by atoms with E-state index < -0.39 is 0 Å². The van der Waals surface area contributed by atoms with Gasteiger partial charge in [-0.05, 0) is 43.6 Å². The Labute approximate surface area is 148 Å². The predicted molar refractivity (Wildman–Crippen MR) is 97.0 cm³/mol. The van der Waals surface area contributed by atoms with Gasteiger partial charge < -0.3 is 10.2 Å². The van der Waals surface area contributed by atoms with Crippen molar-refractivity contribution >= 4 is 23.2 Å². The molecule has 132 valence electrons. The van der Waals surface area contributed by atoms with Crippen molar-refractivity contribution in [2.24, 2.45) is 5.92 Å². The Morgan fingerprint density at radius 3 is 2.54 bits per heavy atom. The van der Waals surface area contributed by atoms with Gasteiger partial charge in [0, 0.05) is 36.3 Å². The lowest BCUT2D eigenvalue weighted by Gasteiger charge is -2.33. The summed E-state index contributed by atoms with van der Waals surface area (Å²) >= 11 is 1.71. The first-order chi connectivity index (χ1) is 11.7. The third-order valence-electron chi connectivity index (χ3n) is 5.34. The van der Waals surface area contributed by atoms with Crippen LogP contribution in [0, 0.1) is 5.92 Å². The molecule has 0 unspecified atom stereocenters. The van der Waals surface area contributed by atoms with Gasteiger partial charge in [-0.15, -0.1) is 11.3 Å². The van der Waals surface area contributed by atoms with Crippen molar-refractivity contribution in [2.45, 2.75) is 63.8 Å². The van der Waals surface area contributed by atoms with Gasteiger partial charge in [-0.2, -0.15) is 0 Å². The molecule has 0 bridgehead atoms. The molecule has 2 amide bonds. The first-order valence-electron chi connectivity index (χ1n) is 9.33. The smallest absolute Gasteiger partial charge is 0.223 e. The lowest BCUT2D eigenvalue weighted by Crippen LogP contribution is -2.48. The molecule has 3 rings (SSSR count). The van der Waals surface area contributed by atoms with Crippen molar-refractivity contribution in [2.75, 3.05) is 13.1 Å². The summed E-state index contributed by atoms with van der Waals surface area (Å²) < 4.78 is 0. The summed E-state index contributed by atoms with van der Waals surface area (Å²) in [6, 6.07) is 4.37. The number of nitrogens with zero attached hydrogens (tertiary/aromatic N) is 1. The minimum absolute atomic E-state index is 0.226. The standard InChI is InChI=1S/C19H28N2O2S/c22-18(9-8-17-7-4-14-24-17)21-12-10-16(11-13-21)20-19(23)15-5-2-1-3-6-15/h4,7,14-16H,1-3,5-6,8-13H2,(H,20,23). The summed E-state index contributed by atoms with van der Waals surface area (Å²) in [4.78, 5) is 27.9. The molecule has 24 heavy (non-hydrogen) atoms. The summed E-state index contributed by atoms with van der Waals surface area (Å²) in [5.41, 5.74) is 0. The van der Waals surface area contributed by atoms with Crippen LogP contribution in [-0.4, -0.2) is 35.8 Å². The highest BCUT2D eigenvalue weighted by Gasteiger charge is 2.27.